The van der Waals surface area contributed by atoms with Gasteiger partial charge in [0, 0.05) is 30.7 Å². The van der Waals surface area contributed by atoms with E-state index in [0.29, 0.717) is 18.1 Å². The van der Waals surface area contributed by atoms with Gasteiger partial charge in [-0.1, -0.05) is 0 Å². The summed E-state index contributed by atoms with van der Waals surface area (Å²) in [4.78, 5) is 11.9. The lowest BCUT2D eigenvalue weighted by atomic mass is 10.1. The van der Waals surface area contributed by atoms with Crippen molar-refractivity contribution < 1.29 is 0 Å². The zero-order valence-corrected chi connectivity index (χ0v) is 13.9. The third-order valence-electron chi connectivity index (χ3n) is 4.40. The summed E-state index contributed by atoms with van der Waals surface area (Å²) in [6.45, 7) is 9.94. The molecule has 5 nitrogen and oxygen atoms in total. The summed E-state index contributed by atoms with van der Waals surface area (Å²) in [6, 6.07) is 3.24. The van der Waals surface area contributed by atoms with Crippen LogP contribution in [0.1, 0.15) is 58.3 Å². The van der Waals surface area contributed by atoms with Crippen molar-refractivity contribution in [3.8, 4) is 11.4 Å². The number of likely N-dealkylation sites (tertiary alicyclic amines) is 1. The molecule has 0 amide bonds. The highest BCUT2D eigenvalue weighted by molar-refractivity contribution is 5.58. The maximum Gasteiger partial charge on any atom is 0.111 e. The van der Waals surface area contributed by atoms with Gasteiger partial charge in [-0.2, -0.15) is 5.10 Å². The Morgan fingerprint density at radius 1 is 1.05 bits per heavy atom. The van der Waals surface area contributed by atoms with Gasteiger partial charge in [-0.25, -0.2) is 0 Å². The van der Waals surface area contributed by atoms with Crippen LogP contribution in [-0.2, 0) is 0 Å². The van der Waals surface area contributed by atoms with Crippen molar-refractivity contribution >= 4 is 0 Å². The third-order valence-corrected chi connectivity index (χ3v) is 4.40. The highest BCUT2D eigenvalue weighted by Crippen LogP contribution is 2.36. The average Bonchev–Trinajstić information content (AvgIpc) is 3.16. The van der Waals surface area contributed by atoms with Crippen LogP contribution in [-0.4, -0.2) is 37.2 Å². The van der Waals surface area contributed by atoms with Gasteiger partial charge in [0.25, 0.3) is 0 Å². The minimum atomic E-state index is 0.310. The number of rotatable bonds is 4. The van der Waals surface area contributed by atoms with Crippen molar-refractivity contribution in [2.45, 2.75) is 58.7 Å². The Labute approximate surface area is 132 Å². The van der Waals surface area contributed by atoms with Crippen LogP contribution in [0.4, 0.5) is 0 Å². The quantitative estimate of drug-likeness (QED) is 0.867. The molecule has 2 aromatic heterocycles. The smallest absolute Gasteiger partial charge is 0.111 e. The molecule has 1 fully saturated rings. The SMILES string of the molecule is CC(C)N1CCCC1c1nccnc1-c1ccnn1C(C)C. The van der Waals surface area contributed by atoms with E-state index in [0.717, 1.165) is 30.0 Å². The van der Waals surface area contributed by atoms with E-state index in [1.165, 1.54) is 6.42 Å². The molecule has 0 aromatic carbocycles. The van der Waals surface area contributed by atoms with Gasteiger partial charge < -0.3 is 0 Å². The van der Waals surface area contributed by atoms with Crippen molar-refractivity contribution in [1.29, 1.82) is 0 Å². The first-order valence-electron chi connectivity index (χ1n) is 8.20. The molecule has 1 saturated heterocycles. The van der Waals surface area contributed by atoms with Crippen molar-refractivity contribution in [2.24, 2.45) is 0 Å². The Kier molecular flexibility index (Phi) is 4.25. The number of hydrogen-bond acceptors (Lipinski definition) is 4. The van der Waals surface area contributed by atoms with Gasteiger partial charge in [-0.05, 0) is 53.1 Å². The Morgan fingerprint density at radius 3 is 2.55 bits per heavy atom. The Morgan fingerprint density at radius 2 is 1.82 bits per heavy atom. The summed E-state index contributed by atoms with van der Waals surface area (Å²) in [6.07, 6.45) is 7.82. The minimum absolute atomic E-state index is 0.310. The van der Waals surface area contributed by atoms with E-state index in [9.17, 15) is 0 Å². The fraction of sp³-hybridized carbons (Fsp3) is 0.588. The Hall–Kier alpha value is -1.75. The molecule has 5 heteroatoms. The van der Waals surface area contributed by atoms with Crippen molar-refractivity contribution in [3.63, 3.8) is 0 Å². The fourth-order valence-corrected chi connectivity index (χ4v) is 3.40. The summed E-state index contributed by atoms with van der Waals surface area (Å²) in [5.41, 5.74) is 3.14. The Bertz CT molecular complexity index is 631. The molecule has 2 aromatic rings. The monoisotopic (exact) mass is 299 g/mol. The van der Waals surface area contributed by atoms with Crippen LogP contribution in [0.5, 0.6) is 0 Å². The van der Waals surface area contributed by atoms with Gasteiger partial charge in [0.15, 0.2) is 0 Å². The molecule has 1 atom stereocenters. The lowest BCUT2D eigenvalue weighted by molar-refractivity contribution is 0.202. The fourth-order valence-electron chi connectivity index (χ4n) is 3.40. The van der Waals surface area contributed by atoms with E-state index in [4.69, 9.17) is 4.98 Å². The molecule has 0 N–H and O–H groups in total. The molecule has 3 rings (SSSR count). The van der Waals surface area contributed by atoms with Gasteiger partial charge in [-0.15, -0.1) is 0 Å². The molecule has 0 bridgehead atoms. The molecule has 3 heterocycles. The van der Waals surface area contributed by atoms with Crippen molar-refractivity contribution in [1.82, 2.24) is 24.6 Å². The molecule has 1 aliphatic heterocycles. The summed E-state index contributed by atoms with van der Waals surface area (Å²) in [5.74, 6) is 0. The second-order valence-corrected chi connectivity index (χ2v) is 6.53. The van der Waals surface area contributed by atoms with Crippen LogP contribution >= 0.6 is 0 Å². The normalized spacial score (nSPS) is 19.5. The molecule has 1 aliphatic rings. The predicted octanol–water partition coefficient (Wildman–Crippen LogP) is 3.47. The van der Waals surface area contributed by atoms with Crippen LogP contribution in [0.15, 0.2) is 24.7 Å². The average molecular weight is 299 g/mol. The molecule has 0 spiro atoms. The first-order chi connectivity index (χ1) is 10.6. The summed E-state index contributed by atoms with van der Waals surface area (Å²) >= 11 is 0. The third kappa shape index (κ3) is 2.65. The zero-order valence-electron chi connectivity index (χ0n) is 13.9. The van der Waals surface area contributed by atoms with Crippen molar-refractivity contribution in [2.75, 3.05) is 6.54 Å². The molecule has 0 saturated carbocycles. The van der Waals surface area contributed by atoms with E-state index in [1.54, 1.807) is 6.20 Å². The van der Waals surface area contributed by atoms with Gasteiger partial charge >= 0.3 is 0 Å². The maximum absolute atomic E-state index is 4.70. The standard InChI is InChI=1S/C17H25N5/c1-12(2)21-11-5-6-14(21)16-17(19-10-9-18-16)15-7-8-20-22(15)13(3)4/h7-10,12-14H,5-6,11H2,1-4H3. The van der Waals surface area contributed by atoms with E-state index in [1.807, 2.05) is 23.1 Å². The first kappa shape index (κ1) is 15.2. The molecule has 118 valence electrons. The molecular formula is C17H25N5. The first-order valence-corrected chi connectivity index (χ1v) is 8.20. The Balaban J connectivity index is 2.05. The summed E-state index contributed by atoms with van der Waals surface area (Å²) in [7, 11) is 0. The lowest BCUT2D eigenvalue weighted by Crippen LogP contribution is -2.31. The second-order valence-electron chi connectivity index (χ2n) is 6.53. The van der Waals surface area contributed by atoms with Crippen LogP contribution in [0.2, 0.25) is 0 Å². The predicted molar refractivity (Wildman–Crippen MR) is 87.5 cm³/mol. The highest BCUT2D eigenvalue weighted by atomic mass is 15.3. The van der Waals surface area contributed by atoms with E-state index < -0.39 is 0 Å². The largest absolute Gasteiger partial charge is 0.292 e. The van der Waals surface area contributed by atoms with Crippen molar-refractivity contribution in [3.05, 3.63) is 30.4 Å². The van der Waals surface area contributed by atoms with E-state index >= 15 is 0 Å². The van der Waals surface area contributed by atoms with Gasteiger partial charge in [0.2, 0.25) is 0 Å². The topological polar surface area (TPSA) is 46.8 Å². The van der Waals surface area contributed by atoms with Crippen LogP contribution in [0, 0.1) is 0 Å². The van der Waals surface area contributed by atoms with Crippen LogP contribution < -0.4 is 0 Å². The van der Waals surface area contributed by atoms with E-state index in [-0.39, 0.29) is 0 Å². The van der Waals surface area contributed by atoms with Gasteiger partial charge in [0.05, 0.1) is 17.4 Å². The van der Waals surface area contributed by atoms with Crippen LogP contribution in [0.25, 0.3) is 11.4 Å². The molecule has 1 unspecified atom stereocenters. The number of hydrogen-bond donors (Lipinski definition) is 0. The second kappa shape index (κ2) is 6.16. The van der Waals surface area contributed by atoms with Crippen LogP contribution in [0.3, 0.4) is 0 Å². The van der Waals surface area contributed by atoms with Gasteiger partial charge in [-0.3, -0.25) is 19.5 Å². The molecule has 0 aliphatic carbocycles. The maximum atomic E-state index is 4.70. The minimum Gasteiger partial charge on any atom is -0.292 e. The molecule has 22 heavy (non-hydrogen) atoms. The van der Waals surface area contributed by atoms with Gasteiger partial charge in [0.1, 0.15) is 5.69 Å². The molecular weight excluding hydrogens is 274 g/mol. The number of aromatic nitrogens is 4. The zero-order chi connectivity index (χ0) is 15.7. The summed E-state index contributed by atoms with van der Waals surface area (Å²) in [5, 5.41) is 4.45. The molecule has 0 radical (unpaired) electrons. The van der Waals surface area contributed by atoms with E-state index in [2.05, 4.69) is 42.7 Å². The lowest BCUT2D eigenvalue weighted by Gasteiger charge is -2.28. The summed E-state index contributed by atoms with van der Waals surface area (Å²) < 4.78 is 2.03. The number of nitrogens with zero attached hydrogens (tertiary/aromatic N) is 5. The highest BCUT2D eigenvalue weighted by Gasteiger charge is 2.31.